The van der Waals surface area contributed by atoms with E-state index in [9.17, 15) is 9.59 Å². The van der Waals surface area contributed by atoms with E-state index in [1.54, 1.807) is 30.3 Å². The maximum atomic E-state index is 10.9. The third kappa shape index (κ3) is 2.48. The van der Waals surface area contributed by atoms with Gasteiger partial charge in [-0.05, 0) is 5.56 Å². The first-order chi connectivity index (χ1) is 6.61. The molecule has 5 nitrogen and oxygen atoms in total. The Labute approximate surface area is 80.5 Å². The molecule has 1 aromatic carbocycles. The van der Waals surface area contributed by atoms with Gasteiger partial charge >= 0.3 is 6.09 Å². The second kappa shape index (κ2) is 4.27. The normalized spacial score (nSPS) is 11.7. The molecule has 0 fully saturated rings. The third-order valence-corrected chi connectivity index (χ3v) is 1.69. The first-order valence-corrected chi connectivity index (χ1v) is 3.95. The number of nitrogens with two attached hydrogens (primary N) is 1. The van der Waals surface area contributed by atoms with Crippen LogP contribution in [0.25, 0.3) is 0 Å². The third-order valence-electron chi connectivity index (χ3n) is 1.69. The van der Waals surface area contributed by atoms with Crippen molar-refractivity contribution in [1.29, 1.82) is 0 Å². The Morgan fingerprint density at radius 1 is 1.29 bits per heavy atom. The van der Waals surface area contributed by atoms with Gasteiger partial charge < -0.3 is 16.2 Å². The molecule has 1 atom stereocenters. The Balaban J connectivity index is 2.89. The van der Waals surface area contributed by atoms with Gasteiger partial charge in [0.15, 0.2) is 0 Å². The van der Waals surface area contributed by atoms with E-state index in [0.717, 1.165) is 0 Å². The van der Waals surface area contributed by atoms with E-state index in [-0.39, 0.29) is 0 Å². The van der Waals surface area contributed by atoms with E-state index in [2.05, 4.69) is 0 Å². The van der Waals surface area contributed by atoms with Crippen LogP contribution in [0.15, 0.2) is 30.3 Å². The number of nitrogens with one attached hydrogen (secondary N) is 1. The molecular formula is C9H10N2O3. The highest BCUT2D eigenvalue weighted by Gasteiger charge is 2.18. The Bertz CT molecular complexity index is 337. The quantitative estimate of drug-likeness (QED) is 0.653. The van der Waals surface area contributed by atoms with Gasteiger partial charge in [-0.3, -0.25) is 4.79 Å². The van der Waals surface area contributed by atoms with Crippen LogP contribution in [0.3, 0.4) is 0 Å². The smallest absolute Gasteiger partial charge is 0.405 e. The molecule has 0 aliphatic rings. The maximum Gasteiger partial charge on any atom is 0.405 e. The fraction of sp³-hybridized carbons (Fsp3) is 0.111. The van der Waals surface area contributed by atoms with Crippen molar-refractivity contribution in [3.8, 4) is 0 Å². The van der Waals surface area contributed by atoms with Crippen LogP contribution in [-0.2, 0) is 4.79 Å². The van der Waals surface area contributed by atoms with E-state index in [4.69, 9.17) is 10.8 Å². The number of rotatable bonds is 3. The Hall–Kier alpha value is -2.04. The molecule has 0 heterocycles. The zero-order valence-corrected chi connectivity index (χ0v) is 7.31. The SMILES string of the molecule is NC(=O)C(NC(=O)O)c1ccccc1. The summed E-state index contributed by atoms with van der Waals surface area (Å²) < 4.78 is 0. The first-order valence-electron chi connectivity index (χ1n) is 3.95. The van der Waals surface area contributed by atoms with E-state index >= 15 is 0 Å². The lowest BCUT2D eigenvalue weighted by Gasteiger charge is -2.12. The van der Waals surface area contributed by atoms with Crippen LogP contribution in [0.5, 0.6) is 0 Å². The molecule has 14 heavy (non-hydrogen) atoms. The highest BCUT2D eigenvalue weighted by atomic mass is 16.4. The van der Waals surface area contributed by atoms with Crippen molar-refractivity contribution >= 4 is 12.0 Å². The van der Waals surface area contributed by atoms with Gasteiger partial charge in [0.25, 0.3) is 0 Å². The van der Waals surface area contributed by atoms with Crippen molar-refractivity contribution in [1.82, 2.24) is 5.32 Å². The molecule has 0 bridgehead atoms. The van der Waals surface area contributed by atoms with Gasteiger partial charge in [-0.2, -0.15) is 0 Å². The minimum absolute atomic E-state index is 0.530. The summed E-state index contributed by atoms with van der Waals surface area (Å²) in [4.78, 5) is 21.3. The fourth-order valence-corrected chi connectivity index (χ4v) is 1.09. The van der Waals surface area contributed by atoms with E-state index in [0.29, 0.717) is 5.56 Å². The molecule has 0 aliphatic heterocycles. The second-order valence-electron chi connectivity index (χ2n) is 2.70. The lowest BCUT2D eigenvalue weighted by molar-refractivity contribution is -0.120. The van der Waals surface area contributed by atoms with Crippen molar-refractivity contribution in [2.24, 2.45) is 5.73 Å². The molecule has 1 rings (SSSR count). The van der Waals surface area contributed by atoms with Crippen molar-refractivity contribution in [2.45, 2.75) is 6.04 Å². The molecule has 0 radical (unpaired) electrons. The summed E-state index contributed by atoms with van der Waals surface area (Å²) in [5.41, 5.74) is 5.58. The van der Waals surface area contributed by atoms with Gasteiger partial charge in [0.2, 0.25) is 5.91 Å². The number of carbonyl (C=O) groups is 2. The lowest BCUT2D eigenvalue weighted by atomic mass is 10.1. The summed E-state index contributed by atoms with van der Waals surface area (Å²) in [6.07, 6.45) is -1.28. The lowest BCUT2D eigenvalue weighted by Crippen LogP contribution is -2.36. The average Bonchev–Trinajstić information content (AvgIpc) is 2.15. The number of hydrogen-bond donors (Lipinski definition) is 3. The summed E-state index contributed by atoms with van der Waals surface area (Å²) in [5, 5.41) is 10.5. The molecule has 74 valence electrons. The molecule has 5 heteroatoms. The Morgan fingerprint density at radius 3 is 2.29 bits per heavy atom. The van der Waals surface area contributed by atoms with Crippen molar-refractivity contribution in [3.63, 3.8) is 0 Å². The van der Waals surface area contributed by atoms with Crippen LogP contribution in [0, 0.1) is 0 Å². The highest BCUT2D eigenvalue weighted by Crippen LogP contribution is 2.11. The summed E-state index contributed by atoms with van der Waals surface area (Å²) >= 11 is 0. The molecular weight excluding hydrogens is 184 g/mol. The van der Waals surface area contributed by atoms with Crippen LogP contribution in [0.1, 0.15) is 11.6 Å². The Morgan fingerprint density at radius 2 is 1.86 bits per heavy atom. The number of carboxylic acid groups (broad SMARTS) is 1. The molecule has 0 saturated heterocycles. The molecule has 1 aromatic rings. The number of amides is 2. The van der Waals surface area contributed by atoms with Crippen LogP contribution in [0.4, 0.5) is 4.79 Å². The summed E-state index contributed by atoms with van der Waals surface area (Å²) in [6.45, 7) is 0. The predicted octanol–water partition coefficient (Wildman–Crippen LogP) is 0.481. The fourth-order valence-electron chi connectivity index (χ4n) is 1.09. The second-order valence-corrected chi connectivity index (χ2v) is 2.70. The van der Waals surface area contributed by atoms with Crippen LogP contribution < -0.4 is 11.1 Å². The van der Waals surface area contributed by atoms with Crippen LogP contribution in [-0.4, -0.2) is 17.1 Å². The molecule has 2 amide bonds. The van der Waals surface area contributed by atoms with Gasteiger partial charge in [-0.15, -0.1) is 0 Å². The number of carbonyl (C=O) groups excluding carboxylic acids is 1. The van der Waals surface area contributed by atoms with Gasteiger partial charge in [0.05, 0.1) is 0 Å². The summed E-state index contributed by atoms with van der Waals surface area (Å²) in [7, 11) is 0. The Kier molecular flexibility index (Phi) is 3.06. The minimum atomic E-state index is -1.28. The predicted molar refractivity (Wildman–Crippen MR) is 49.5 cm³/mol. The molecule has 0 saturated carbocycles. The van der Waals surface area contributed by atoms with Crippen molar-refractivity contribution in [3.05, 3.63) is 35.9 Å². The molecule has 1 unspecified atom stereocenters. The number of primary amides is 1. The minimum Gasteiger partial charge on any atom is -0.465 e. The molecule has 0 aliphatic carbocycles. The molecule has 4 N–H and O–H groups in total. The number of benzene rings is 1. The molecule has 0 spiro atoms. The zero-order chi connectivity index (χ0) is 10.6. The topological polar surface area (TPSA) is 92.4 Å². The standard InChI is InChI=1S/C9H10N2O3/c10-8(12)7(11-9(13)14)6-4-2-1-3-5-6/h1-5,7,11H,(H2,10,12)(H,13,14). The monoisotopic (exact) mass is 194 g/mol. The highest BCUT2D eigenvalue weighted by molar-refractivity contribution is 5.85. The van der Waals surface area contributed by atoms with Crippen LogP contribution >= 0.6 is 0 Å². The summed E-state index contributed by atoms with van der Waals surface area (Å²) in [6, 6.07) is 7.44. The van der Waals surface area contributed by atoms with E-state index in [1.165, 1.54) is 0 Å². The van der Waals surface area contributed by atoms with E-state index in [1.807, 2.05) is 5.32 Å². The van der Waals surface area contributed by atoms with Crippen molar-refractivity contribution < 1.29 is 14.7 Å². The van der Waals surface area contributed by atoms with Crippen LogP contribution in [0.2, 0.25) is 0 Å². The van der Waals surface area contributed by atoms with E-state index < -0.39 is 18.0 Å². The van der Waals surface area contributed by atoms with Gasteiger partial charge in [-0.1, -0.05) is 30.3 Å². The zero-order valence-electron chi connectivity index (χ0n) is 7.31. The molecule has 0 aromatic heterocycles. The maximum absolute atomic E-state index is 10.9. The van der Waals surface area contributed by atoms with Crippen molar-refractivity contribution in [2.75, 3.05) is 0 Å². The van der Waals surface area contributed by atoms with Gasteiger partial charge in [0, 0.05) is 0 Å². The average molecular weight is 194 g/mol. The van der Waals surface area contributed by atoms with Gasteiger partial charge in [-0.25, -0.2) is 4.79 Å². The largest absolute Gasteiger partial charge is 0.465 e. The number of hydrogen-bond acceptors (Lipinski definition) is 2. The van der Waals surface area contributed by atoms with Gasteiger partial charge in [0.1, 0.15) is 6.04 Å². The first kappa shape index (κ1) is 10.0. The summed E-state index contributed by atoms with van der Waals surface area (Å²) in [5.74, 6) is -0.724.